The molecule has 1 aromatic carbocycles. The van der Waals surface area contributed by atoms with Crippen LogP contribution in [-0.2, 0) is 14.3 Å². The van der Waals surface area contributed by atoms with Crippen molar-refractivity contribution in [1.29, 1.82) is 0 Å². The number of rotatable bonds is 5. The minimum Gasteiger partial charge on any atom is -0.468 e. The monoisotopic (exact) mass is 339 g/mol. The SMILES string of the molecule is COC(=O)CN(C(=O)C=Cc1ccc(Br)cc1)C(C)C. The van der Waals surface area contributed by atoms with Crippen LogP contribution >= 0.6 is 15.9 Å². The summed E-state index contributed by atoms with van der Waals surface area (Å²) in [7, 11) is 1.31. The van der Waals surface area contributed by atoms with E-state index in [1.807, 2.05) is 38.1 Å². The van der Waals surface area contributed by atoms with Gasteiger partial charge in [0.15, 0.2) is 0 Å². The number of benzene rings is 1. The van der Waals surface area contributed by atoms with Crippen molar-refractivity contribution >= 4 is 33.9 Å². The first-order chi connectivity index (χ1) is 9.43. The summed E-state index contributed by atoms with van der Waals surface area (Å²) in [6.45, 7) is 3.67. The highest BCUT2D eigenvalue weighted by Gasteiger charge is 2.18. The van der Waals surface area contributed by atoms with Crippen LogP contribution in [0.2, 0.25) is 0 Å². The molecule has 4 nitrogen and oxygen atoms in total. The van der Waals surface area contributed by atoms with Gasteiger partial charge in [-0.05, 0) is 37.6 Å². The van der Waals surface area contributed by atoms with Gasteiger partial charge in [0.25, 0.3) is 0 Å². The molecule has 108 valence electrons. The number of hydrogen-bond donors (Lipinski definition) is 0. The second-order valence-corrected chi connectivity index (χ2v) is 5.44. The molecule has 0 saturated carbocycles. The molecule has 0 aliphatic carbocycles. The Balaban J connectivity index is 2.75. The fraction of sp³-hybridized carbons (Fsp3) is 0.333. The third kappa shape index (κ3) is 5.17. The minimum atomic E-state index is -0.427. The molecule has 0 saturated heterocycles. The van der Waals surface area contributed by atoms with E-state index >= 15 is 0 Å². The van der Waals surface area contributed by atoms with Gasteiger partial charge in [0.2, 0.25) is 5.91 Å². The number of nitrogens with zero attached hydrogens (tertiary/aromatic N) is 1. The topological polar surface area (TPSA) is 46.6 Å². The van der Waals surface area contributed by atoms with E-state index in [0.29, 0.717) is 0 Å². The number of halogens is 1. The first-order valence-electron chi connectivity index (χ1n) is 6.25. The van der Waals surface area contributed by atoms with Crippen LogP contribution in [0.25, 0.3) is 6.08 Å². The third-order valence-electron chi connectivity index (χ3n) is 2.72. The molecular weight excluding hydrogens is 322 g/mol. The first kappa shape index (κ1) is 16.4. The lowest BCUT2D eigenvalue weighted by Crippen LogP contribution is -2.40. The largest absolute Gasteiger partial charge is 0.468 e. The van der Waals surface area contributed by atoms with E-state index in [0.717, 1.165) is 10.0 Å². The zero-order chi connectivity index (χ0) is 15.1. The highest BCUT2D eigenvalue weighted by Crippen LogP contribution is 2.12. The van der Waals surface area contributed by atoms with Crippen LogP contribution in [0.1, 0.15) is 19.4 Å². The fourth-order valence-electron chi connectivity index (χ4n) is 1.56. The van der Waals surface area contributed by atoms with E-state index in [-0.39, 0.29) is 18.5 Å². The number of methoxy groups -OCH3 is 1. The van der Waals surface area contributed by atoms with E-state index < -0.39 is 5.97 Å². The maximum atomic E-state index is 12.1. The smallest absolute Gasteiger partial charge is 0.325 e. The van der Waals surface area contributed by atoms with Crippen LogP contribution in [-0.4, -0.2) is 36.5 Å². The average molecular weight is 340 g/mol. The predicted octanol–water partition coefficient (Wildman–Crippen LogP) is 2.87. The second-order valence-electron chi connectivity index (χ2n) is 4.52. The molecule has 0 aromatic heterocycles. The van der Waals surface area contributed by atoms with Crippen LogP contribution in [0.5, 0.6) is 0 Å². The second kappa shape index (κ2) is 7.85. The zero-order valence-corrected chi connectivity index (χ0v) is 13.4. The van der Waals surface area contributed by atoms with Crippen molar-refractivity contribution in [3.63, 3.8) is 0 Å². The van der Waals surface area contributed by atoms with Crippen molar-refractivity contribution in [3.8, 4) is 0 Å². The van der Waals surface area contributed by atoms with Gasteiger partial charge >= 0.3 is 5.97 Å². The Bertz CT molecular complexity index is 494. The van der Waals surface area contributed by atoms with Gasteiger partial charge < -0.3 is 9.64 Å². The van der Waals surface area contributed by atoms with Gasteiger partial charge in [0.1, 0.15) is 6.54 Å². The Hall–Kier alpha value is -1.62. The minimum absolute atomic E-state index is 0.0440. The van der Waals surface area contributed by atoms with Crippen molar-refractivity contribution in [2.45, 2.75) is 19.9 Å². The lowest BCUT2D eigenvalue weighted by atomic mass is 10.2. The molecule has 0 bridgehead atoms. The molecule has 0 radical (unpaired) electrons. The molecule has 1 rings (SSSR count). The lowest BCUT2D eigenvalue weighted by molar-refractivity contribution is -0.146. The van der Waals surface area contributed by atoms with Crippen molar-refractivity contribution in [2.24, 2.45) is 0 Å². The normalized spacial score (nSPS) is 10.8. The molecule has 0 spiro atoms. The number of esters is 1. The van der Waals surface area contributed by atoms with Gasteiger partial charge in [-0.3, -0.25) is 9.59 Å². The molecule has 1 amide bonds. The lowest BCUT2D eigenvalue weighted by Gasteiger charge is -2.23. The maximum Gasteiger partial charge on any atom is 0.325 e. The number of carbonyl (C=O) groups excluding carboxylic acids is 2. The van der Waals surface area contributed by atoms with E-state index in [2.05, 4.69) is 20.7 Å². The number of ether oxygens (including phenoxy) is 1. The summed E-state index contributed by atoms with van der Waals surface area (Å²) in [5, 5.41) is 0. The maximum absolute atomic E-state index is 12.1. The van der Waals surface area contributed by atoms with Crippen LogP contribution in [0.3, 0.4) is 0 Å². The quantitative estimate of drug-likeness (QED) is 0.612. The molecule has 0 heterocycles. The number of amides is 1. The van der Waals surface area contributed by atoms with E-state index in [1.165, 1.54) is 18.1 Å². The summed E-state index contributed by atoms with van der Waals surface area (Å²) >= 11 is 3.35. The van der Waals surface area contributed by atoms with Crippen LogP contribution in [0.4, 0.5) is 0 Å². The third-order valence-corrected chi connectivity index (χ3v) is 3.25. The zero-order valence-electron chi connectivity index (χ0n) is 11.8. The summed E-state index contributed by atoms with van der Waals surface area (Å²) < 4.78 is 5.58. The molecule has 0 fully saturated rings. The molecule has 5 heteroatoms. The fourth-order valence-corrected chi connectivity index (χ4v) is 1.82. The molecule has 0 N–H and O–H groups in total. The molecule has 20 heavy (non-hydrogen) atoms. The van der Waals surface area contributed by atoms with Gasteiger partial charge in [-0.25, -0.2) is 0 Å². The Morgan fingerprint density at radius 1 is 1.30 bits per heavy atom. The molecule has 0 unspecified atom stereocenters. The van der Waals surface area contributed by atoms with Gasteiger partial charge in [-0.2, -0.15) is 0 Å². The van der Waals surface area contributed by atoms with Crippen LogP contribution in [0.15, 0.2) is 34.8 Å². The summed E-state index contributed by atoms with van der Waals surface area (Å²) in [6.07, 6.45) is 3.19. The number of hydrogen-bond acceptors (Lipinski definition) is 3. The van der Waals surface area contributed by atoms with Gasteiger partial charge in [0, 0.05) is 16.6 Å². The summed E-state index contributed by atoms with van der Waals surface area (Å²) in [6, 6.07) is 7.52. The Kier molecular flexibility index (Phi) is 6.45. The van der Waals surface area contributed by atoms with Crippen LogP contribution < -0.4 is 0 Å². The van der Waals surface area contributed by atoms with Crippen molar-refractivity contribution < 1.29 is 14.3 Å². The van der Waals surface area contributed by atoms with Gasteiger partial charge in [-0.15, -0.1) is 0 Å². The highest BCUT2D eigenvalue weighted by atomic mass is 79.9. The predicted molar refractivity (Wildman–Crippen MR) is 82.0 cm³/mol. The van der Waals surface area contributed by atoms with Crippen molar-refractivity contribution in [2.75, 3.05) is 13.7 Å². The average Bonchev–Trinajstić information content (AvgIpc) is 2.43. The summed E-state index contributed by atoms with van der Waals surface area (Å²) in [5.74, 6) is -0.641. The van der Waals surface area contributed by atoms with Crippen molar-refractivity contribution in [3.05, 3.63) is 40.4 Å². The highest BCUT2D eigenvalue weighted by molar-refractivity contribution is 9.10. The van der Waals surface area contributed by atoms with Crippen molar-refractivity contribution in [1.82, 2.24) is 4.90 Å². The first-order valence-corrected chi connectivity index (χ1v) is 7.04. The molecular formula is C15H18BrNO3. The summed E-state index contributed by atoms with van der Waals surface area (Å²) in [5.41, 5.74) is 0.920. The summed E-state index contributed by atoms with van der Waals surface area (Å²) in [4.78, 5) is 24.9. The Labute approximate surface area is 127 Å². The Morgan fingerprint density at radius 3 is 2.40 bits per heavy atom. The van der Waals surface area contributed by atoms with Gasteiger partial charge in [0.05, 0.1) is 7.11 Å². The van der Waals surface area contributed by atoms with Gasteiger partial charge in [-0.1, -0.05) is 28.1 Å². The Morgan fingerprint density at radius 2 is 1.90 bits per heavy atom. The molecule has 0 aliphatic rings. The van der Waals surface area contributed by atoms with E-state index in [9.17, 15) is 9.59 Å². The molecule has 1 aromatic rings. The molecule has 0 atom stereocenters. The van der Waals surface area contributed by atoms with Crippen LogP contribution in [0, 0.1) is 0 Å². The van der Waals surface area contributed by atoms with E-state index in [4.69, 9.17) is 0 Å². The molecule has 0 aliphatic heterocycles. The standard InChI is InChI=1S/C15H18BrNO3/c1-11(2)17(10-15(19)20-3)14(18)9-6-12-4-7-13(16)8-5-12/h4-9,11H,10H2,1-3H3. The number of carbonyl (C=O) groups is 2. The van der Waals surface area contributed by atoms with E-state index in [1.54, 1.807) is 6.08 Å².